The summed E-state index contributed by atoms with van der Waals surface area (Å²) < 4.78 is 12.3. The summed E-state index contributed by atoms with van der Waals surface area (Å²) in [5.41, 5.74) is 3.03. The molecule has 0 aliphatic carbocycles. The number of furan rings is 1. The average molecular weight is 411 g/mol. The lowest BCUT2D eigenvalue weighted by molar-refractivity contribution is -0.123. The van der Waals surface area contributed by atoms with Gasteiger partial charge in [0.05, 0.1) is 36.9 Å². The van der Waals surface area contributed by atoms with Gasteiger partial charge < -0.3 is 13.8 Å². The molecule has 3 aromatic rings. The minimum atomic E-state index is -0.989. The number of hydrogen-bond acceptors (Lipinski definition) is 6. The molecule has 3 amide bonds. The van der Waals surface area contributed by atoms with Gasteiger partial charge in [0.1, 0.15) is 17.1 Å². The van der Waals surface area contributed by atoms with Crippen molar-refractivity contribution in [3.63, 3.8) is 0 Å². The van der Waals surface area contributed by atoms with Crippen molar-refractivity contribution >= 4 is 17.6 Å². The van der Waals surface area contributed by atoms with E-state index in [9.17, 15) is 9.59 Å². The number of urea groups is 1. The van der Waals surface area contributed by atoms with Gasteiger partial charge in [-0.2, -0.15) is 5.10 Å². The third-order valence-electron chi connectivity index (χ3n) is 5.83. The first-order valence-electron chi connectivity index (χ1n) is 9.75. The van der Waals surface area contributed by atoms with Crippen LogP contribution in [0.1, 0.15) is 47.8 Å². The minimum absolute atomic E-state index is 0.289. The summed E-state index contributed by atoms with van der Waals surface area (Å²) in [4.78, 5) is 29.2. The lowest BCUT2D eigenvalue weighted by Crippen LogP contribution is -2.43. The first kappa shape index (κ1) is 19.9. The average Bonchev–Trinajstić information content (AvgIpc) is 3.39. The summed E-state index contributed by atoms with van der Waals surface area (Å²) in [6.07, 6.45) is 4.88. The number of aryl methyl sites for hydroxylation is 4. The van der Waals surface area contributed by atoms with Crippen LogP contribution in [-0.2, 0) is 17.9 Å². The van der Waals surface area contributed by atoms with Crippen molar-refractivity contribution < 1.29 is 18.5 Å². The van der Waals surface area contributed by atoms with Crippen LogP contribution >= 0.6 is 0 Å². The van der Waals surface area contributed by atoms with Crippen molar-refractivity contribution in [2.45, 2.75) is 60.2 Å². The van der Waals surface area contributed by atoms with Crippen molar-refractivity contribution in [1.82, 2.24) is 19.8 Å². The molecule has 1 fully saturated rings. The van der Waals surface area contributed by atoms with Gasteiger partial charge in [-0.1, -0.05) is 5.16 Å². The summed E-state index contributed by atoms with van der Waals surface area (Å²) in [7, 11) is 0. The Morgan fingerprint density at radius 1 is 1.03 bits per heavy atom. The molecule has 1 aliphatic rings. The third-order valence-corrected chi connectivity index (χ3v) is 5.83. The highest BCUT2D eigenvalue weighted by Gasteiger charge is 2.52. The summed E-state index contributed by atoms with van der Waals surface area (Å²) >= 11 is 0. The maximum Gasteiger partial charge on any atom is 0.332 e. The summed E-state index contributed by atoms with van der Waals surface area (Å²) in [6.45, 7) is 11.7. The molecule has 0 unspecified atom stereocenters. The second-order valence-corrected chi connectivity index (χ2v) is 8.22. The molecule has 4 rings (SSSR count). The van der Waals surface area contributed by atoms with Gasteiger partial charge in [-0.15, -0.1) is 0 Å². The van der Waals surface area contributed by atoms with Gasteiger partial charge in [0, 0.05) is 17.3 Å². The van der Waals surface area contributed by atoms with Crippen LogP contribution < -0.4 is 4.90 Å². The Hall–Kier alpha value is -3.36. The number of nitrogens with zero attached hydrogens (tertiary/aromatic N) is 5. The molecule has 0 bridgehead atoms. The molecule has 1 aliphatic heterocycles. The molecular weight excluding hydrogens is 386 g/mol. The number of carbonyl (C=O) groups excluding carboxylic acids is 2. The maximum absolute atomic E-state index is 13.3. The van der Waals surface area contributed by atoms with Crippen LogP contribution in [0.2, 0.25) is 0 Å². The Labute approximate surface area is 174 Å². The highest BCUT2D eigenvalue weighted by atomic mass is 16.5. The molecule has 0 atom stereocenters. The van der Waals surface area contributed by atoms with E-state index < -0.39 is 5.54 Å². The highest BCUT2D eigenvalue weighted by Crippen LogP contribution is 2.34. The Balaban J connectivity index is 1.61. The molecule has 0 spiro atoms. The summed E-state index contributed by atoms with van der Waals surface area (Å²) in [5.74, 6) is 1.17. The predicted octanol–water partition coefficient (Wildman–Crippen LogP) is 3.49. The van der Waals surface area contributed by atoms with Gasteiger partial charge in [-0.25, -0.2) is 9.69 Å². The Morgan fingerprint density at radius 2 is 1.77 bits per heavy atom. The number of hydrogen-bond donors (Lipinski definition) is 0. The molecule has 0 saturated carbocycles. The Bertz CT molecular complexity index is 1100. The molecule has 9 nitrogen and oxygen atoms in total. The van der Waals surface area contributed by atoms with Crippen LogP contribution in [0.15, 0.2) is 27.6 Å². The van der Waals surface area contributed by atoms with Gasteiger partial charge in [0.2, 0.25) is 0 Å². The van der Waals surface area contributed by atoms with Gasteiger partial charge in [0.25, 0.3) is 5.91 Å². The summed E-state index contributed by atoms with van der Waals surface area (Å²) in [6, 6.07) is -0.373. The van der Waals surface area contributed by atoms with Crippen molar-refractivity contribution in [3.05, 3.63) is 52.6 Å². The standard InChI is InChI=1S/C21H25N5O4/c1-12-11-29-14(3)17(12)10-25-20(28)26(19(27)21(25,5)6)16-7-22-24(8-16)9-18-13(2)23-30-15(18)4/h7-8,11H,9-10H2,1-6H3. The minimum Gasteiger partial charge on any atom is -0.469 e. The zero-order valence-electron chi connectivity index (χ0n) is 18.0. The third kappa shape index (κ3) is 3.01. The van der Waals surface area contributed by atoms with Crippen molar-refractivity contribution in [2.75, 3.05) is 4.90 Å². The lowest BCUT2D eigenvalue weighted by Gasteiger charge is -2.27. The van der Waals surface area contributed by atoms with Crippen LogP contribution in [0.5, 0.6) is 0 Å². The van der Waals surface area contributed by atoms with E-state index in [2.05, 4.69) is 10.3 Å². The van der Waals surface area contributed by atoms with Gasteiger partial charge >= 0.3 is 6.03 Å². The molecule has 4 heterocycles. The van der Waals surface area contributed by atoms with Gasteiger partial charge in [-0.05, 0) is 47.1 Å². The zero-order valence-corrected chi connectivity index (χ0v) is 18.0. The molecule has 0 N–H and O–H groups in total. The zero-order chi connectivity index (χ0) is 21.8. The highest BCUT2D eigenvalue weighted by molar-refractivity contribution is 6.22. The van der Waals surface area contributed by atoms with Crippen LogP contribution in [0.3, 0.4) is 0 Å². The van der Waals surface area contributed by atoms with E-state index >= 15 is 0 Å². The Morgan fingerprint density at radius 3 is 2.37 bits per heavy atom. The normalized spacial score (nSPS) is 16.2. The SMILES string of the molecule is Cc1coc(C)c1CN1C(=O)N(c2cnn(Cc3c(C)noc3C)c2)C(=O)C1(C)C. The van der Waals surface area contributed by atoms with Gasteiger partial charge in [0.15, 0.2) is 0 Å². The van der Waals surface area contributed by atoms with Crippen molar-refractivity contribution in [3.8, 4) is 0 Å². The fraction of sp³-hybridized carbons (Fsp3) is 0.429. The van der Waals surface area contributed by atoms with Gasteiger partial charge in [-0.3, -0.25) is 9.48 Å². The van der Waals surface area contributed by atoms with Crippen LogP contribution in [0, 0.1) is 27.7 Å². The van der Waals surface area contributed by atoms with E-state index in [1.807, 2.05) is 27.7 Å². The molecule has 158 valence electrons. The molecular formula is C21H25N5O4. The van der Waals surface area contributed by atoms with Crippen LogP contribution in [0.25, 0.3) is 0 Å². The number of imide groups is 1. The maximum atomic E-state index is 13.3. The first-order valence-corrected chi connectivity index (χ1v) is 9.75. The number of amides is 3. The molecule has 9 heteroatoms. The molecule has 0 radical (unpaired) electrons. The fourth-order valence-electron chi connectivity index (χ4n) is 3.76. The van der Waals surface area contributed by atoms with Crippen LogP contribution in [-0.4, -0.2) is 37.3 Å². The number of carbonyl (C=O) groups is 2. The number of aromatic nitrogens is 3. The van der Waals surface area contributed by atoms with Crippen LogP contribution in [0.4, 0.5) is 10.5 Å². The second kappa shape index (κ2) is 6.86. The smallest absolute Gasteiger partial charge is 0.332 e. The topological polar surface area (TPSA) is 97.6 Å². The largest absolute Gasteiger partial charge is 0.469 e. The monoisotopic (exact) mass is 411 g/mol. The van der Waals surface area contributed by atoms with E-state index in [1.165, 1.54) is 11.1 Å². The Kier molecular flexibility index (Phi) is 4.56. The fourth-order valence-corrected chi connectivity index (χ4v) is 3.76. The van der Waals surface area contributed by atoms with E-state index in [1.54, 1.807) is 35.9 Å². The van der Waals surface area contributed by atoms with E-state index in [0.29, 0.717) is 18.8 Å². The summed E-state index contributed by atoms with van der Waals surface area (Å²) in [5, 5.41) is 8.28. The first-order chi connectivity index (χ1) is 14.1. The molecule has 3 aromatic heterocycles. The quantitative estimate of drug-likeness (QED) is 0.596. The molecule has 1 saturated heterocycles. The number of rotatable bonds is 5. The van der Waals surface area contributed by atoms with E-state index in [0.717, 1.165) is 33.9 Å². The van der Waals surface area contributed by atoms with E-state index in [-0.39, 0.29) is 11.9 Å². The number of anilines is 1. The lowest BCUT2D eigenvalue weighted by atomic mass is 10.0. The molecule has 0 aromatic carbocycles. The van der Waals surface area contributed by atoms with Crippen molar-refractivity contribution in [2.24, 2.45) is 0 Å². The van der Waals surface area contributed by atoms with Crippen molar-refractivity contribution in [1.29, 1.82) is 0 Å². The second-order valence-electron chi connectivity index (χ2n) is 8.22. The van der Waals surface area contributed by atoms with E-state index in [4.69, 9.17) is 8.94 Å². The molecule has 30 heavy (non-hydrogen) atoms. The predicted molar refractivity (Wildman–Crippen MR) is 108 cm³/mol.